The normalized spacial score (nSPS) is 13.1. The first-order valence-corrected chi connectivity index (χ1v) is 3.63. The topological polar surface area (TPSA) is 42.0 Å². The Bertz CT molecular complexity index is 397. The first kappa shape index (κ1) is 4.87. The predicted molar refractivity (Wildman–Crippen MR) is 45.3 cm³/mol. The molecule has 0 bridgehead atoms. The van der Waals surface area contributed by atoms with Crippen LogP contribution in [0.2, 0.25) is 0 Å². The van der Waals surface area contributed by atoms with Gasteiger partial charge < -0.3 is 5.32 Å². The molecule has 0 unspecified atom stereocenters. The lowest BCUT2D eigenvalue weighted by atomic mass is 10.3. The maximum absolute atomic E-state index is 11.2. The highest BCUT2D eigenvalue weighted by atomic mass is 79.9. The lowest BCUT2D eigenvalue weighted by Gasteiger charge is -1.97. The van der Waals surface area contributed by atoms with E-state index in [0.29, 0.717) is 0 Å². The summed E-state index contributed by atoms with van der Waals surface area (Å²) >= 11 is 2.96. The van der Waals surface area contributed by atoms with Crippen LogP contribution < -0.4 is 5.32 Å². The third-order valence-corrected chi connectivity index (χ3v) is 1.39. The zero-order chi connectivity index (χ0) is 10.9. The molecule has 0 radical (unpaired) electrons. The summed E-state index contributed by atoms with van der Waals surface area (Å²) < 4.78 is 22.3. The van der Waals surface area contributed by atoms with Gasteiger partial charge in [-0.2, -0.15) is 0 Å². The number of aromatic nitrogens is 1. The van der Waals surface area contributed by atoms with Crippen molar-refractivity contribution in [3.63, 3.8) is 0 Å². The van der Waals surface area contributed by atoms with E-state index in [1.54, 1.807) is 0 Å². The predicted octanol–water partition coefficient (Wildman–Crippen LogP) is 1.20. The number of pyridine rings is 1. The van der Waals surface area contributed by atoms with Crippen LogP contribution in [-0.4, -0.2) is 17.9 Å². The zero-order valence-corrected chi connectivity index (χ0v) is 7.32. The average molecular weight is 218 g/mol. The van der Waals surface area contributed by atoms with Crippen molar-refractivity contribution in [3.05, 3.63) is 28.4 Å². The lowest BCUT2D eigenvalue weighted by Crippen LogP contribution is -2.17. The number of carbonyl (C=O) groups is 1. The summed E-state index contributed by atoms with van der Waals surface area (Å²) in [6, 6.07) is -0.186. The van der Waals surface area contributed by atoms with Gasteiger partial charge in [-0.1, -0.05) is 0 Å². The van der Waals surface area contributed by atoms with Crippen molar-refractivity contribution < 1.29 is 8.91 Å². The van der Waals surface area contributed by atoms with E-state index < -0.39 is 5.91 Å². The number of hydrogen-bond donors (Lipinski definition) is 1. The van der Waals surface area contributed by atoms with Crippen LogP contribution in [0.1, 0.15) is 14.5 Å². The van der Waals surface area contributed by atoms with E-state index in [0.717, 1.165) is 0 Å². The standard InChI is InChI=1S/C7H7BrN2O/c1-9-7(11)5-2-6(8)4-10-3-5/h2-4H,1H3,(H,9,11)/i2D,3D,4D. The molecule has 1 aromatic rings. The molecular formula is C7H7BrN2O. The van der Waals surface area contributed by atoms with Gasteiger partial charge in [0.2, 0.25) is 0 Å². The average Bonchev–Trinajstić information content (AvgIpc) is 2.14. The van der Waals surface area contributed by atoms with Gasteiger partial charge in [0.25, 0.3) is 5.91 Å². The molecule has 3 nitrogen and oxygen atoms in total. The number of nitrogens with zero attached hydrogens (tertiary/aromatic N) is 1. The van der Waals surface area contributed by atoms with Crippen LogP contribution in [0.5, 0.6) is 0 Å². The van der Waals surface area contributed by atoms with Crippen molar-refractivity contribution >= 4 is 21.8 Å². The van der Waals surface area contributed by atoms with Crippen LogP contribution >= 0.6 is 15.9 Å². The molecule has 0 aromatic carbocycles. The summed E-state index contributed by atoms with van der Waals surface area (Å²) in [6.07, 6.45) is -0.574. The Balaban J connectivity index is 3.44. The molecule has 0 fully saturated rings. The van der Waals surface area contributed by atoms with Gasteiger partial charge in [-0.05, 0) is 22.0 Å². The van der Waals surface area contributed by atoms with Crippen molar-refractivity contribution in [2.45, 2.75) is 0 Å². The molecular weight excluding hydrogens is 208 g/mol. The molecule has 1 rings (SSSR count). The first-order valence-electron chi connectivity index (χ1n) is 4.34. The van der Waals surface area contributed by atoms with E-state index in [4.69, 9.17) is 4.11 Å². The van der Waals surface area contributed by atoms with Crippen molar-refractivity contribution in [1.29, 1.82) is 0 Å². The number of halogens is 1. The van der Waals surface area contributed by atoms with Crippen molar-refractivity contribution in [1.82, 2.24) is 10.3 Å². The van der Waals surface area contributed by atoms with Crippen LogP contribution in [0.3, 0.4) is 0 Å². The molecule has 0 saturated heterocycles. The Morgan fingerprint density at radius 1 is 1.82 bits per heavy atom. The minimum atomic E-state index is -0.548. The van der Waals surface area contributed by atoms with Crippen molar-refractivity contribution in [3.8, 4) is 0 Å². The SMILES string of the molecule is [2H]c1nc([2H])c(C(=O)NC)c([2H])c1Br. The molecule has 0 aliphatic carbocycles. The molecule has 4 heteroatoms. The Labute approximate surface area is 77.2 Å². The van der Waals surface area contributed by atoms with Gasteiger partial charge in [0.05, 0.1) is 9.68 Å². The van der Waals surface area contributed by atoms with Gasteiger partial charge in [0.15, 0.2) is 0 Å². The monoisotopic (exact) mass is 217 g/mol. The second kappa shape index (κ2) is 3.48. The van der Waals surface area contributed by atoms with Gasteiger partial charge in [-0.3, -0.25) is 9.78 Å². The fraction of sp³-hybridized carbons (Fsp3) is 0.143. The number of nitrogens with one attached hydrogen (secondary N) is 1. The summed E-state index contributed by atoms with van der Waals surface area (Å²) in [5, 5.41) is 2.31. The molecule has 0 aliphatic rings. The number of rotatable bonds is 1. The largest absolute Gasteiger partial charge is 0.355 e. The first-order chi connectivity index (χ1) is 6.49. The number of hydrogen-bond acceptors (Lipinski definition) is 2. The van der Waals surface area contributed by atoms with Gasteiger partial charge in [-0.25, -0.2) is 0 Å². The highest BCUT2D eigenvalue weighted by Gasteiger charge is 2.01. The van der Waals surface area contributed by atoms with E-state index in [1.165, 1.54) is 7.05 Å². The summed E-state index contributed by atoms with van der Waals surface area (Å²) in [6.45, 7) is 0. The summed E-state index contributed by atoms with van der Waals surface area (Å²) in [5.41, 5.74) is -0.129. The molecule has 1 N–H and O–H groups in total. The third-order valence-electron chi connectivity index (χ3n) is 1.01. The molecule has 1 heterocycles. The van der Waals surface area contributed by atoms with Gasteiger partial charge in [-0.15, -0.1) is 0 Å². The Morgan fingerprint density at radius 3 is 3.18 bits per heavy atom. The Hall–Kier alpha value is -0.900. The molecule has 1 aromatic heterocycles. The van der Waals surface area contributed by atoms with Crippen molar-refractivity contribution in [2.24, 2.45) is 0 Å². The Morgan fingerprint density at radius 2 is 2.55 bits per heavy atom. The molecule has 0 spiro atoms. The molecule has 0 atom stereocenters. The van der Waals surface area contributed by atoms with E-state index >= 15 is 0 Å². The fourth-order valence-corrected chi connectivity index (χ4v) is 0.818. The quantitative estimate of drug-likeness (QED) is 0.769. The number of amides is 1. The third kappa shape index (κ3) is 2.01. The van der Waals surface area contributed by atoms with Crippen LogP contribution in [-0.2, 0) is 0 Å². The van der Waals surface area contributed by atoms with Crippen LogP contribution in [0.15, 0.2) is 22.9 Å². The molecule has 1 amide bonds. The zero-order valence-electron chi connectivity index (χ0n) is 8.73. The van der Waals surface area contributed by atoms with Crippen LogP contribution in [0.4, 0.5) is 0 Å². The van der Waals surface area contributed by atoms with Crippen LogP contribution in [0, 0.1) is 0 Å². The highest BCUT2D eigenvalue weighted by molar-refractivity contribution is 9.10. The summed E-state index contributed by atoms with van der Waals surface area (Å²) in [5.74, 6) is -0.548. The number of carbonyl (C=O) groups excluding carboxylic acids is 1. The second-order valence-corrected chi connectivity index (χ2v) is 2.52. The Kier molecular flexibility index (Phi) is 1.54. The maximum Gasteiger partial charge on any atom is 0.252 e. The van der Waals surface area contributed by atoms with E-state index in [-0.39, 0.29) is 28.4 Å². The summed E-state index contributed by atoms with van der Waals surface area (Å²) in [7, 11) is 1.41. The minimum Gasteiger partial charge on any atom is -0.355 e. The lowest BCUT2D eigenvalue weighted by molar-refractivity contribution is 0.0962. The fourth-order valence-electron chi connectivity index (χ4n) is 0.531. The second-order valence-electron chi connectivity index (χ2n) is 1.73. The maximum atomic E-state index is 11.2. The van der Waals surface area contributed by atoms with Gasteiger partial charge in [0.1, 0.15) is 0 Å². The van der Waals surface area contributed by atoms with Crippen molar-refractivity contribution in [2.75, 3.05) is 7.05 Å². The molecule has 0 saturated carbocycles. The smallest absolute Gasteiger partial charge is 0.252 e. The molecule has 11 heavy (non-hydrogen) atoms. The van der Waals surface area contributed by atoms with Gasteiger partial charge in [0, 0.05) is 23.9 Å². The van der Waals surface area contributed by atoms with Crippen LogP contribution in [0.25, 0.3) is 0 Å². The van der Waals surface area contributed by atoms with Gasteiger partial charge >= 0.3 is 0 Å². The van der Waals surface area contributed by atoms with E-state index in [9.17, 15) is 4.79 Å². The molecule has 0 aliphatic heterocycles. The van der Waals surface area contributed by atoms with E-state index in [1.807, 2.05) is 0 Å². The van der Waals surface area contributed by atoms with E-state index in [2.05, 4.69) is 26.2 Å². The highest BCUT2D eigenvalue weighted by Crippen LogP contribution is 2.08. The molecule has 58 valence electrons. The summed E-state index contributed by atoms with van der Waals surface area (Å²) in [4.78, 5) is 14.8. The minimum absolute atomic E-state index is 0.118.